The number of benzene rings is 1. The van der Waals surface area contributed by atoms with E-state index in [0.717, 1.165) is 19.6 Å². The predicted molar refractivity (Wildman–Crippen MR) is 120 cm³/mol. The summed E-state index contributed by atoms with van der Waals surface area (Å²) in [4.78, 5) is 48.3. The second-order valence-electron chi connectivity index (χ2n) is 9.01. The van der Waals surface area contributed by atoms with Crippen LogP contribution in [-0.2, 0) is 16.0 Å². The minimum absolute atomic E-state index is 0.0173. The predicted octanol–water partition coefficient (Wildman–Crippen LogP) is 1.35. The Kier molecular flexibility index (Phi) is 7.15. The topological polar surface area (TPSA) is 117 Å². The number of esters is 1. The average molecular weight is 446 g/mol. The number of methoxy groups -OCH3 is 1. The molecule has 1 amide bonds. The van der Waals surface area contributed by atoms with Crippen molar-refractivity contribution in [1.29, 1.82) is 0 Å². The molecule has 1 aromatic carbocycles. The number of carbonyl (C=O) groups excluding carboxylic acids is 2. The largest absolute Gasteiger partial charge is 0.465 e. The molecule has 1 aromatic heterocycles. The number of H-pyrrole nitrogens is 1. The van der Waals surface area contributed by atoms with Crippen molar-refractivity contribution in [3.8, 4) is 0 Å². The van der Waals surface area contributed by atoms with Crippen molar-refractivity contribution >= 4 is 23.0 Å². The average Bonchev–Trinajstić information content (AvgIpc) is 2.71. The van der Waals surface area contributed by atoms with Gasteiger partial charge in [-0.25, -0.2) is 14.6 Å². The summed E-state index contributed by atoms with van der Waals surface area (Å²) in [6, 6.07) is 4.69. The highest BCUT2D eigenvalue weighted by Crippen LogP contribution is 2.15. The summed E-state index contributed by atoms with van der Waals surface area (Å²) in [6.07, 6.45) is -0.460. The van der Waals surface area contributed by atoms with Gasteiger partial charge in [-0.05, 0) is 46.0 Å². The van der Waals surface area contributed by atoms with Crippen LogP contribution in [0.3, 0.4) is 0 Å². The zero-order valence-corrected chi connectivity index (χ0v) is 19.2. The van der Waals surface area contributed by atoms with Gasteiger partial charge in [0.05, 0.1) is 30.1 Å². The van der Waals surface area contributed by atoms with Gasteiger partial charge < -0.3 is 24.7 Å². The summed E-state index contributed by atoms with van der Waals surface area (Å²) in [6.45, 7) is 8.63. The van der Waals surface area contributed by atoms with Crippen LogP contribution in [0.25, 0.3) is 10.9 Å². The number of hydrogen-bond donors (Lipinski definition) is 2. The quantitative estimate of drug-likeness (QED) is 0.663. The molecule has 1 aliphatic rings. The van der Waals surface area contributed by atoms with E-state index in [1.165, 1.54) is 7.11 Å². The number of aromatic nitrogens is 2. The maximum atomic E-state index is 12.6. The molecule has 1 atom stereocenters. The lowest BCUT2D eigenvalue weighted by atomic mass is 10.1. The summed E-state index contributed by atoms with van der Waals surface area (Å²) in [5, 5.41) is 3.24. The van der Waals surface area contributed by atoms with Gasteiger partial charge in [0.1, 0.15) is 11.4 Å². The Morgan fingerprint density at radius 1 is 1.28 bits per heavy atom. The van der Waals surface area contributed by atoms with Crippen molar-refractivity contribution < 1.29 is 19.1 Å². The number of hydrogen-bond acceptors (Lipinski definition) is 8. The Hall–Kier alpha value is -2.98. The van der Waals surface area contributed by atoms with E-state index < -0.39 is 17.7 Å². The van der Waals surface area contributed by atoms with Crippen LogP contribution in [-0.4, -0.2) is 83.8 Å². The zero-order valence-electron chi connectivity index (χ0n) is 19.2. The molecule has 1 saturated heterocycles. The SMILES string of the molecule is COC(=O)c1ccc2c(=O)[nH]c(CN3CCN(C)C[C@@H]3CNC(=O)OC(C)(C)C)nc2c1. The van der Waals surface area contributed by atoms with Gasteiger partial charge in [-0.15, -0.1) is 0 Å². The molecular weight excluding hydrogens is 414 g/mol. The standard InChI is InChI=1S/C22H31N5O5/c1-22(2,3)32-21(30)23-11-15-12-26(4)8-9-27(15)13-18-24-17-10-14(20(29)31-5)6-7-16(17)19(28)25-18/h6-7,10,15H,8-9,11-13H2,1-5H3,(H,23,30)(H,24,25,28)/t15-/m0/s1. The molecule has 0 spiro atoms. The molecule has 0 aliphatic carbocycles. The lowest BCUT2D eigenvalue weighted by molar-refractivity contribution is 0.0450. The smallest absolute Gasteiger partial charge is 0.407 e. The number of nitrogens with zero attached hydrogens (tertiary/aromatic N) is 3. The molecule has 32 heavy (non-hydrogen) atoms. The van der Waals surface area contributed by atoms with Crippen LogP contribution in [0.5, 0.6) is 0 Å². The van der Waals surface area contributed by atoms with Crippen LogP contribution in [0.4, 0.5) is 4.79 Å². The number of ether oxygens (including phenoxy) is 2. The molecule has 1 aliphatic heterocycles. The van der Waals surface area contributed by atoms with E-state index in [4.69, 9.17) is 9.47 Å². The van der Waals surface area contributed by atoms with Gasteiger partial charge in [0.15, 0.2) is 0 Å². The van der Waals surface area contributed by atoms with Crippen molar-refractivity contribution in [1.82, 2.24) is 25.1 Å². The molecule has 1 fully saturated rings. The lowest BCUT2D eigenvalue weighted by Gasteiger charge is -2.39. The summed E-state index contributed by atoms with van der Waals surface area (Å²) >= 11 is 0. The van der Waals surface area contributed by atoms with E-state index in [9.17, 15) is 14.4 Å². The zero-order chi connectivity index (χ0) is 23.5. The van der Waals surface area contributed by atoms with Crippen molar-refractivity contribution in [2.24, 2.45) is 0 Å². The highest BCUT2D eigenvalue weighted by molar-refractivity contribution is 5.93. The maximum Gasteiger partial charge on any atom is 0.407 e. The first-order chi connectivity index (χ1) is 15.1. The summed E-state index contributed by atoms with van der Waals surface area (Å²) < 4.78 is 10.1. The highest BCUT2D eigenvalue weighted by atomic mass is 16.6. The van der Waals surface area contributed by atoms with E-state index >= 15 is 0 Å². The van der Waals surface area contributed by atoms with Gasteiger partial charge in [0.25, 0.3) is 5.56 Å². The molecule has 10 heteroatoms. The van der Waals surface area contributed by atoms with E-state index in [2.05, 4.69) is 25.1 Å². The molecule has 174 valence electrons. The number of piperazine rings is 1. The van der Waals surface area contributed by atoms with Crippen LogP contribution >= 0.6 is 0 Å². The molecule has 0 radical (unpaired) electrons. The number of rotatable bonds is 5. The Morgan fingerprint density at radius 3 is 2.72 bits per heavy atom. The molecular formula is C22H31N5O5. The van der Waals surface area contributed by atoms with E-state index in [1.807, 2.05) is 27.8 Å². The normalized spacial score (nSPS) is 17.8. The molecule has 2 N–H and O–H groups in total. The third-order valence-corrected chi connectivity index (χ3v) is 5.22. The minimum atomic E-state index is -0.565. The van der Waals surface area contributed by atoms with Crippen molar-refractivity contribution in [2.75, 3.05) is 40.3 Å². The number of aromatic amines is 1. The van der Waals surface area contributed by atoms with Crippen molar-refractivity contribution in [3.05, 3.63) is 39.9 Å². The van der Waals surface area contributed by atoms with Crippen LogP contribution < -0.4 is 10.9 Å². The molecule has 0 saturated carbocycles. The second-order valence-corrected chi connectivity index (χ2v) is 9.01. The van der Waals surface area contributed by atoms with Gasteiger partial charge in [-0.2, -0.15) is 0 Å². The third-order valence-electron chi connectivity index (χ3n) is 5.22. The monoisotopic (exact) mass is 445 g/mol. The fourth-order valence-electron chi connectivity index (χ4n) is 3.67. The first-order valence-electron chi connectivity index (χ1n) is 10.6. The van der Waals surface area contributed by atoms with Crippen LogP contribution in [0.2, 0.25) is 0 Å². The summed E-state index contributed by atoms with van der Waals surface area (Å²) in [5.41, 5.74) is -0.0590. The van der Waals surface area contributed by atoms with Crippen molar-refractivity contribution in [3.63, 3.8) is 0 Å². The second kappa shape index (κ2) is 9.66. The maximum absolute atomic E-state index is 12.6. The number of alkyl carbamates (subject to hydrolysis) is 1. The Labute approximate surface area is 186 Å². The molecule has 10 nitrogen and oxygen atoms in total. The first kappa shape index (κ1) is 23.7. The number of fused-ring (bicyclic) bond motifs is 1. The van der Waals surface area contributed by atoms with E-state index in [0.29, 0.717) is 35.4 Å². The minimum Gasteiger partial charge on any atom is -0.465 e. The fraction of sp³-hybridized carbons (Fsp3) is 0.545. The lowest BCUT2D eigenvalue weighted by Crippen LogP contribution is -2.56. The number of carbonyl (C=O) groups is 2. The summed E-state index contributed by atoms with van der Waals surface area (Å²) in [5.74, 6) is 0.0132. The van der Waals surface area contributed by atoms with E-state index in [-0.39, 0.29) is 11.6 Å². The fourth-order valence-corrected chi connectivity index (χ4v) is 3.67. The highest BCUT2D eigenvalue weighted by Gasteiger charge is 2.27. The van der Waals surface area contributed by atoms with Gasteiger partial charge in [-0.1, -0.05) is 0 Å². The van der Waals surface area contributed by atoms with Gasteiger partial charge in [-0.3, -0.25) is 9.69 Å². The third kappa shape index (κ3) is 6.04. The first-order valence-corrected chi connectivity index (χ1v) is 10.6. The van der Waals surface area contributed by atoms with Gasteiger partial charge in [0, 0.05) is 32.2 Å². The molecule has 0 unspecified atom stereocenters. The summed E-state index contributed by atoms with van der Waals surface area (Å²) in [7, 11) is 3.34. The molecule has 0 bridgehead atoms. The van der Waals surface area contributed by atoms with Crippen LogP contribution in [0.1, 0.15) is 37.0 Å². The number of amides is 1. The number of nitrogens with one attached hydrogen (secondary N) is 2. The van der Waals surface area contributed by atoms with Gasteiger partial charge >= 0.3 is 12.1 Å². The Morgan fingerprint density at radius 2 is 2.03 bits per heavy atom. The molecule has 3 rings (SSSR count). The van der Waals surface area contributed by atoms with Crippen LogP contribution in [0, 0.1) is 0 Å². The van der Waals surface area contributed by atoms with E-state index in [1.54, 1.807) is 18.2 Å². The molecule has 2 aromatic rings. The van der Waals surface area contributed by atoms with Crippen molar-refractivity contribution in [2.45, 2.75) is 39.0 Å². The Balaban J connectivity index is 1.77. The number of likely N-dealkylation sites (N-methyl/N-ethyl adjacent to an activating group) is 1. The Bertz CT molecular complexity index is 1050. The van der Waals surface area contributed by atoms with Gasteiger partial charge in [0.2, 0.25) is 0 Å². The van der Waals surface area contributed by atoms with Crippen LogP contribution in [0.15, 0.2) is 23.0 Å². The molecule has 2 heterocycles.